The molecule has 1 aliphatic rings. The molecule has 1 atom stereocenters. The van der Waals surface area contributed by atoms with Crippen LogP contribution in [-0.2, 0) is 9.53 Å². The summed E-state index contributed by atoms with van der Waals surface area (Å²) < 4.78 is 5.34. The van der Waals surface area contributed by atoms with Crippen molar-refractivity contribution in [1.29, 1.82) is 0 Å². The minimum absolute atomic E-state index is 0.138. The molecule has 10 heavy (non-hydrogen) atoms. The molecule has 0 aromatic rings. The van der Waals surface area contributed by atoms with E-state index in [0.29, 0.717) is 4.74 Å². The molecule has 56 valence electrons. The number of ether oxygens (including phenoxy) is 1. The van der Waals surface area contributed by atoms with Crippen LogP contribution in [0.1, 0.15) is 13.8 Å². The van der Waals surface area contributed by atoms with Crippen LogP contribution in [0.2, 0.25) is 0 Å². The van der Waals surface area contributed by atoms with Crippen LogP contribution in [0, 0.1) is 5.21 Å². The van der Waals surface area contributed by atoms with Gasteiger partial charge in [-0.05, 0) is 0 Å². The number of hydroxylamine groups is 1. The normalized spacial score (nSPS) is 26.6. The van der Waals surface area contributed by atoms with Crippen molar-refractivity contribution in [2.45, 2.75) is 19.9 Å². The van der Waals surface area contributed by atoms with Crippen molar-refractivity contribution in [3.8, 4) is 0 Å². The predicted molar refractivity (Wildman–Crippen MR) is 34.7 cm³/mol. The van der Waals surface area contributed by atoms with E-state index in [2.05, 4.69) is 4.74 Å². The Kier molecular flexibility index (Phi) is 1.61. The molecular formula is C6H9NO3. The highest BCUT2D eigenvalue weighted by atomic mass is 16.6. The van der Waals surface area contributed by atoms with Crippen LogP contribution in [0.3, 0.4) is 0 Å². The first-order valence-corrected chi connectivity index (χ1v) is 3.10. The molecule has 0 aromatic carbocycles. The maximum absolute atomic E-state index is 10.9. The van der Waals surface area contributed by atoms with E-state index in [-0.39, 0.29) is 18.4 Å². The van der Waals surface area contributed by atoms with Gasteiger partial charge in [-0.15, -0.1) is 0 Å². The number of rotatable bonds is 0. The molecule has 0 aliphatic carbocycles. The van der Waals surface area contributed by atoms with Gasteiger partial charge in [-0.2, -0.15) is 4.74 Å². The third kappa shape index (κ3) is 0.964. The highest BCUT2D eigenvalue weighted by Crippen LogP contribution is 2.00. The van der Waals surface area contributed by atoms with E-state index in [0.717, 1.165) is 0 Å². The van der Waals surface area contributed by atoms with E-state index >= 15 is 0 Å². The third-order valence-electron chi connectivity index (χ3n) is 1.48. The fraction of sp³-hybridized carbons (Fsp3) is 0.667. The summed E-state index contributed by atoms with van der Waals surface area (Å²) in [4.78, 5) is 10.6. The predicted octanol–water partition coefficient (Wildman–Crippen LogP) is -0.0971. The van der Waals surface area contributed by atoms with Gasteiger partial charge >= 0.3 is 5.97 Å². The standard InChI is InChI=1S/C6H9NO3/c1-4-3-10-6(8)5(2)7(4)9/h4H,3H2,1-2H3. The molecule has 0 saturated carbocycles. The van der Waals surface area contributed by atoms with Gasteiger partial charge in [-0.1, -0.05) is 0 Å². The first kappa shape index (κ1) is 7.05. The quantitative estimate of drug-likeness (QED) is 0.270. The molecule has 0 bridgehead atoms. The highest BCUT2D eigenvalue weighted by molar-refractivity contribution is 6.33. The molecule has 0 aromatic heterocycles. The second-order valence-electron chi connectivity index (χ2n) is 2.36. The van der Waals surface area contributed by atoms with Crippen LogP contribution in [0.15, 0.2) is 0 Å². The Morgan fingerprint density at radius 1 is 1.80 bits per heavy atom. The molecular weight excluding hydrogens is 134 g/mol. The highest BCUT2D eigenvalue weighted by Gasteiger charge is 2.27. The summed E-state index contributed by atoms with van der Waals surface area (Å²) in [5.74, 6) is -0.506. The lowest BCUT2D eigenvalue weighted by atomic mass is 10.3. The summed E-state index contributed by atoms with van der Waals surface area (Å²) in [6.07, 6.45) is 0. The van der Waals surface area contributed by atoms with Crippen LogP contribution in [0.4, 0.5) is 0 Å². The summed E-state index contributed by atoms with van der Waals surface area (Å²) in [6.45, 7) is 3.37. The van der Waals surface area contributed by atoms with Gasteiger partial charge in [0.2, 0.25) is 0 Å². The largest absolute Gasteiger partial charge is 0.623 e. The van der Waals surface area contributed by atoms with Crippen molar-refractivity contribution in [3.05, 3.63) is 5.21 Å². The Balaban J connectivity index is 2.92. The van der Waals surface area contributed by atoms with Gasteiger partial charge < -0.3 is 9.94 Å². The van der Waals surface area contributed by atoms with Gasteiger partial charge in [0.25, 0.3) is 5.71 Å². The van der Waals surface area contributed by atoms with Crippen molar-refractivity contribution in [1.82, 2.24) is 0 Å². The summed E-state index contributed by atoms with van der Waals surface area (Å²) in [5, 5.41) is 10.9. The lowest BCUT2D eigenvalue weighted by molar-refractivity contribution is -0.505. The zero-order valence-corrected chi connectivity index (χ0v) is 5.96. The van der Waals surface area contributed by atoms with Crippen LogP contribution >= 0.6 is 0 Å². The summed E-state index contributed by atoms with van der Waals surface area (Å²) >= 11 is 0. The minimum Gasteiger partial charge on any atom is -0.623 e. The Labute approximate surface area is 58.7 Å². The summed E-state index contributed by atoms with van der Waals surface area (Å²) in [6, 6.07) is -0.238. The number of carbonyl (C=O) groups is 1. The van der Waals surface area contributed by atoms with Crippen molar-refractivity contribution in [2.24, 2.45) is 0 Å². The molecule has 0 N–H and O–H groups in total. The van der Waals surface area contributed by atoms with Crippen LogP contribution in [0.25, 0.3) is 0 Å². The number of cyclic esters (lactones) is 1. The van der Waals surface area contributed by atoms with Gasteiger partial charge in [-0.3, -0.25) is 0 Å². The SMILES string of the molecule is CC1=[N+]([O-])C(C)COC1=O. The van der Waals surface area contributed by atoms with Crippen molar-refractivity contribution < 1.29 is 14.3 Å². The fourth-order valence-corrected chi connectivity index (χ4v) is 0.789. The van der Waals surface area contributed by atoms with E-state index in [9.17, 15) is 10.0 Å². The third-order valence-corrected chi connectivity index (χ3v) is 1.48. The van der Waals surface area contributed by atoms with E-state index in [4.69, 9.17) is 0 Å². The van der Waals surface area contributed by atoms with Gasteiger partial charge in [-0.25, -0.2) is 4.79 Å². The first-order chi connectivity index (χ1) is 4.63. The molecule has 1 rings (SSSR count). The number of hydrogen-bond donors (Lipinski definition) is 0. The second kappa shape index (κ2) is 2.28. The van der Waals surface area contributed by atoms with E-state index in [1.165, 1.54) is 6.92 Å². The van der Waals surface area contributed by atoms with Crippen molar-refractivity contribution >= 4 is 11.7 Å². The van der Waals surface area contributed by atoms with Gasteiger partial charge in [0.15, 0.2) is 12.6 Å². The molecule has 0 spiro atoms. The van der Waals surface area contributed by atoms with Crippen molar-refractivity contribution in [2.75, 3.05) is 6.61 Å². The van der Waals surface area contributed by atoms with Crippen LogP contribution in [-0.4, -0.2) is 29.1 Å². The maximum atomic E-state index is 10.9. The summed E-state index contributed by atoms with van der Waals surface area (Å²) in [7, 11) is 0. The lowest BCUT2D eigenvalue weighted by Crippen LogP contribution is -2.39. The number of hydrogen-bond acceptors (Lipinski definition) is 3. The molecule has 1 unspecified atom stereocenters. The van der Waals surface area contributed by atoms with E-state index in [1.54, 1.807) is 6.92 Å². The minimum atomic E-state index is -0.506. The van der Waals surface area contributed by atoms with Gasteiger partial charge in [0, 0.05) is 13.8 Å². The molecule has 4 heteroatoms. The zero-order valence-electron chi connectivity index (χ0n) is 5.96. The average Bonchev–Trinajstić information content (AvgIpc) is 1.93. The van der Waals surface area contributed by atoms with Crippen LogP contribution in [0.5, 0.6) is 0 Å². The monoisotopic (exact) mass is 143 g/mol. The van der Waals surface area contributed by atoms with Crippen molar-refractivity contribution in [3.63, 3.8) is 0 Å². The second-order valence-corrected chi connectivity index (χ2v) is 2.36. The Morgan fingerprint density at radius 2 is 2.40 bits per heavy atom. The maximum Gasteiger partial charge on any atom is 0.399 e. The Hall–Kier alpha value is -1.06. The average molecular weight is 143 g/mol. The molecule has 0 amide bonds. The zero-order chi connectivity index (χ0) is 7.72. The van der Waals surface area contributed by atoms with E-state index in [1.807, 2.05) is 0 Å². The molecule has 0 fully saturated rings. The fourth-order valence-electron chi connectivity index (χ4n) is 0.789. The molecule has 1 heterocycles. The molecule has 4 nitrogen and oxygen atoms in total. The Bertz CT molecular complexity index is 197. The number of carbonyl (C=O) groups excluding carboxylic acids is 1. The molecule has 0 radical (unpaired) electrons. The lowest BCUT2D eigenvalue weighted by Gasteiger charge is -2.18. The van der Waals surface area contributed by atoms with E-state index < -0.39 is 5.97 Å². The summed E-state index contributed by atoms with van der Waals surface area (Å²) in [5.41, 5.74) is 0.138. The first-order valence-electron chi connectivity index (χ1n) is 3.10. The molecule has 1 aliphatic heterocycles. The van der Waals surface area contributed by atoms with Gasteiger partial charge in [0.1, 0.15) is 0 Å². The smallest absolute Gasteiger partial charge is 0.399 e. The Morgan fingerprint density at radius 3 is 2.90 bits per heavy atom. The topological polar surface area (TPSA) is 52.4 Å². The van der Waals surface area contributed by atoms with Gasteiger partial charge in [0.05, 0.1) is 0 Å². The number of nitrogens with zero attached hydrogens (tertiary/aromatic N) is 1. The number of esters is 1. The van der Waals surface area contributed by atoms with Crippen LogP contribution < -0.4 is 0 Å². The molecule has 0 saturated heterocycles.